The molecule has 1 aromatic carbocycles. The molecule has 0 amide bonds. The van der Waals surface area contributed by atoms with Gasteiger partial charge in [0.15, 0.2) is 23.2 Å². The molecule has 108 valence electrons. The number of ketones is 1. The molecule has 3 nitrogen and oxygen atoms in total. The fourth-order valence-electron chi connectivity index (χ4n) is 1.64. The zero-order valence-electron chi connectivity index (χ0n) is 11.2. The number of ether oxygens (including phenoxy) is 1. The average Bonchev–Trinajstić information content (AvgIpc) is 2.38. The molecule has 0 saturated heterocycles. The van der Waals surface area contributed by atoms with Crippen LogP contribution in [-0.2, 0) is 14.3 Å². The van der Waals surface area contributed by atoms with E-state index in [4.69, 9.17) is 0 Å². The number of carbonyl (C=O) groups is 2. The van der Waals surface area contributed by atoms with Crippen LogP contribution in [-0.4, -0.2) is 18.4 Å². The van der Waals surface area contributed by atoms with Crippen LogP contribution >= 0.6 is 0 Å². The van der Waals surface area contributed by atoms with Gasteiger partial charge in [-0.05, 0) is 38.0 Å². The zero-order valence-corrected chi connectivity index (χ0v) is 11.2. The molecule has 0 bridgehead atoms. The van der Waals surface area contributed by atoms with Gasteiger partial charge in [0.1, 0.15) is 0 Å². The van der Waals surface area contributed by atoms with Gasteiger partial charge in [-0.2, -0.15) is 0 Å². The van der Waals surface area contributed by atoms with Crippen molar-refractivity contribution in [2.24, 2.45) is 0 Å². The van der Waals surface area contributed by atoms with E-state index in [1.807, 2.05) is 0 Å². The van der Waals surface area contributed by atoms with Crippen LogP contribution in [0.15, 0.2) is 12.1 Å². The van der Waals surface area contributed by atoms with Gasteiger partial charge < -0.3 is 4.74 Å². The van der Waals surface area contributed by atoms with Crippen molar-refractivity contribution in [2.75, 3.05) is 6.61 Å². The van der Waals surface area contributed by atoms with E-state index in [-0.39, 0.29) is 23.3 Å². The minimum Gasteiger partial charge on any atom is -0.463 e. The molecule has 0 aliphatic heterocycles. The third-order valence-electron chi connectivity index (χ3n) is 2.62. The molecule has 0 atom stereocenters. The highest BCUT2D eigenvalue weighted by Gasteiger charge is 2.20. The number of halogens is 3. The van der Waals surface area contributed by atoms with Crippen LogP contribution < -0.4 is 0 Å². The Morgan fingerprint density at radius 1 is 1.25 bits per heavy atom. The van der Waals surface area contributed by atoms with E-state index in [9.17, 15) is 22.8 Å². The van der Waals surface area contributed by atoms with Gasteiger partial charge in [-0.3, -0.25) is 4.79 Å². The Bertz CT molecular complexity index is 592. The van der Waals surface area contributed by atoms with Crippen molar-refractivity contribution in [2.45, 2.75) is 20.8 Å². The van der Waals surface area contributed by atoms with Crippen molar-refractivity contribution in [3.8, 4) is 0 Å². The second-order valence-electron chi connectivity index (χ2n) is 4.03. The first-order valence-electron chi connectivity index (χ1n) is 5.83. The number of carbonyl (C=O) groups excluding carboxylic acids is 2. The summed E-state index contributed by atoms with van der Waals surface area (Å²) in [6, 6.07) is 0.681. The molecule has 0 saturated carbocycles. The summed E-state index contributed by atoms with van der Waals surface area (Å²) in [5.74, 6) is -5.85. The van der Waals surface area contributed by atoms with E-state index >= 15 is 0 Å². The molecule has 0 unspecified atom stereocenters. The lowest BCUT2D eigenvalue weighted by atomic mass is 9.96. The Kier molecular flexibility index (Phi) is 5.07. The Morgan fingerprint density at radius 3 is 2.35 bits per heavy atom. The van der Waals surface area contributed by atoms with E-state index in [1.165, 1.54) is 6.92 Å². The Hall–Kier alpha value is -2.11. The van der Waals surface area contributed by atoms with Crippen LogP contribution in [0.25, 0.3) is 5.57 Å². The SMILES string of the molecule is CCOC(=O)C=C(C(C)=O)c1cc(F)c(F)c(F)c1C. The maximum absolute atomic E-state index is 13.5. The molecule has 0 aliphatic carbocycles. The molecular weight excluding hydrogens is 273 g/mol. The van der Waals surface area contributed by atoms with Gasteiger partial charge in [0.25, 0.3) is 0 Å². The van der Waals surface area contributed by atoms with Crippen molar-refractivity contribution >= 4 is 17.3 Å². The lowest BCUT2D eigenvalue weighted by Gasteiger charge is -2.10. The minimum atomic E-state index is -1.62. The van der Waals surface area contributed by atoms with Crippen molar-refractivity contribution in [3.05, 3.63) is 40.7 Å². The third-order valence-corrected chi connectivity index (χ3v) is 2.62. The van der Waals surface area contributed by atoms with Crippen LogP contribution in [0.5, 0.6) is 0 Å². The van der Waals surface area contributed by atoms with Crippen molar-refractivity contribution in [1.82, 2.24) is 0 Å². The van der Waals surface area contributed by atoms with Crippen LogP contribution in [0, 0.1) is 24.4 Å². The summed E-state index contributed by atoms with van der Waals surface area (Å²) in [7, 11) is 0. The average molecular weight is 286 g/mol. The number of rotatable bonds is 4. The second kappa shape index (κ2) is 6.36. The molecule has 1 rings (SSSR count). The zero-order chi connectivity index (χ0) is 15.4. The summed E-state index contributed by atoms with van der Waals surface area (Å²) in [5.41, 5.74) is -0.671. The summed E-state index contributed by atoms with van der Waals surface area (Å²) in [4.78, 5) is 22.9. The highest BCUT2D eigenvalue weighted by atomic mass is 19.2. The first-order chi connectivity index (χ1) is 9.29. The summed E-state index contributed by atoms with van der Waals surface area (Å²) in [6.07, 6.45) is 0.838. The van der Waals surface area contributed by atoms with Crippen LogP contribution in [0.3, 0.4) is 0 Å². The Labute approximate surface area is 114 Å². The monoisotopic (exact) mass is 286 g/mol. The molecule has 0 heterocycles. The molecule has 0 aliphatic rings. The Balaban J connectivity index is 3.45. The molecular formula is C14H13F3O3. The van der Waals surface area contributed by atoms with Gasteiger partial charge in [0.2, 0.25) is 0 Å². The normalized spacial score (nSPS) is 11.4. The quantitative estimate of drug-likeness (QED) is 0.485. The maximum Gasteiger partial charge on any atom is 0.331 e. The first-order valence-corrected chi connectivity index (χ1v) is 5.83. The van der Waals surface area contributed by atoms with E-state index in [2.05, 4.69) is 4.74 Å². The van der Waals surface area contributed by atoms with Gasteiger partial charge in [-0.1, -0.05) is 0 Å². The summed E-state index contributed by atoms with van der Waals surface area (Å²) < 4.78 is 44.5. The van der Waals surface area contributed by atoms with Crippen LogP contribution in [0.4, 0.5) is 13.2 Å². The maximum atomic E-state index is 13.5. The number of Topliss-reactive ketones (excluding diaryl/α,β-unsaturated/α-hetero) is 1. The number of hydrogen-bond donors (Lipinski definition) is 0. The second-order valence-corrected chi connectivity index (χ2v) is 4.03. The number of benzene rings is 1. The molecule has 0 aromatic heterocycles. The Morgan fingerprint density at radius 2 is 1.85 bits per heavy atom. The van der Waals surface area contributed by atoms with E-state index < -0.39 is 29.2 Å². The summed E-state index contributed by atoms with van der Waals surface area (Å²) in [5, 5.41) is 0. The number of esters is 1. The summed E-state index contributed by atoms with van der Waals surface area (Å²) >= 11 is 0. The highest BCUT2D eigenvalue weighted by molar-refractivity contribution is 6.23. The molecule has 0 spiro atoms. The number of hydrogen-bond acceptors (Lipinski definition) is 3. The predicted octanol–water partition coefficient (Wildman–Crippen LogP) is 2.95. The lowest BCUT2D eigenvalue weighted by Crippen LogP contribution is -2.08. The van der Waals surface area contributed by atoms with E-state index in [0.717, 1.165) is 13.0 Å². The molecule has 0 N–H and O–H groups in total. The van der Waals surface area contributed by atoms with Gasteiger partial charge in [0.05, 0.1) is 6.61 Å². The number of allylic oxidation sites excluding steroid dienone is 1. The first kappa shape index (κ1) is 15.9. The molecule has 20 heavy (non-hydrogen) atoms. The third kappa shape index (κ3) is 3.26. The fourth-order valence-corrected chi connectivity index (χ4v) is 1.64. The topological polar surface area (TPSA) is 43.4 Å². The molecule has 6 heteroatoms. The molecule has 0 fully saturated rings. The van der Waals surface area contributed by atoms with Gasteiger partial charge in [-0.25, -0.2) is 18.0 Å². The van der Waals surface area contributed by atoms with Gasteiger partial charge in [-0.15, -0.1) is 0 Å². The van der Waals surface area contributed by atoms with Crippen LogP contribution in [0.2, 0.25) is 0 Å². The lowest BCUT2D eigenvalue weighted by molar-refractivity contribution is -0.137. The molecule has 1 aromatic rings. The highest BCUT2D eigenvalue weighted by Crippen LogP contribution is 2.26. The van der Waals surface area contributed by atoms with Crippen molar-refractivity contribution < 1.29 is 27.5 Å². The van der Waals surface area contributed by atoms with E-state index in [1.54, 1.807) is 6.92 Å². The van der Waals surface area contributed by atoms with Crippen molar-refractivity contribution in [1.29, 1.82) is 0 Å². The van der Waals surface area contributed by atoms with E-state index in [0.29, 0.717) is 6.07 Å². The summed E-state index contributed by atoms with van der Waals surface area (Å²) in [6.45, 7) is 3.98. The molecule has 0 radical (unpaired) electrons. The predicted molar refractivity (Wildman–Crippen MR) is 66.3 cm³/mol. The van der Waals surface area contributed by atoms with Crippen molar-refractivity contribution in [3.63, 3.8) is 0 Å². The van der Waals surface area contributed by atoms with Crippen LogP contribution in [0.1, 0.15) is 25.0 Å². The fraction of sp³-hybridized carbons (Fsp3) is 0.286. The smallest absolute Gasteiger partial charge is 0.331 e. The minimum absolute atomic E-state index is 0.0889. The standard InChI is InChI=1S/C14H13F3O3/c1-4-20-12(19)6-10(8(3)18)9-5-11(15)14(17)13(16)7(9)2/h5-6H,4H2,1-3H3. The van der Waals surface area contributed by atoms with Gasteiger partial charge >= 0.3 is 5.97 Å². The van der Waals surface area contributed by atoms with Gasteiger partial charge in [0, 0.05) is 11.6 Å². The largest absolute Gasteiger partial charge is 0.463 e.